The maximum atomic E-state index is 11.5. The molecule has 0 spiro atoms. The van der Waals surface area contributed by atoms with E-state index in [1.54, 1.807) is 19.2 Å². The van der Waals surface area contributed by atoms with E-state index in [1.165, 1.54) is 7.11 Å². The molecule has 0 radical (unpaired) electrons. The van der Waals surface area contributed by atoms with Crippen LogP contribution >= 0.6 is 0 Å². The predicted molar refractivity (Wildman–Crippen MR) is 89.5 cm³/mol. The Balaban J connectivity index is 2.04. The number of fused-ring (bicyclic) bond motifs is 1. The van der Waals surface area contributed by atoms with Crippen molar-refractivity contribution in [2.75, 3.05) is 20.0 Å². The molecule has 0 aliphatic heterocycles. The van der Waals surface area contributed by atoms with Crippen LogP contribution in [0.4, 0.5) is 5.69 Å². The zero-order valence-electron chi connectivity index (χ0n) is 12.9. The number of methoxy groups -OCH3 is 2. The Morgan fingerprint density at radius 1 is 1.04 bits per heavy atom. The normalized spacial score (nSPS) is 10.5. The molecule has 0 unspecified atom stereocenters. The molecule has 3 rings (SSSR count). The van der Waals surface area contributed by atoms with Gasteiger partial charge in [0.25, 0.3) is 0 Å². The summed E-state index contributed by atoms with van der Waals surface area (Å²) in [6.45, 7) is 0. The quantitative estimate of drug-likeness (QED) is 0.752. The van der Waals surface area contributed by atoms with E-state index in [9.17, 15) is 4.79 Å². The molecule has 23 heavy (non-hydrogen) atoms. The molecule has 0 atom stereocenters. The average molecular weight is 308 g/mol. The van der Waals surface area contributed by atoms with Crippen molar-refractivity contribution in [1.29, 1.82) is 0 Å². The van der Waals surface area contributed by atoms with Crippen molar-refractivity contribution in [3.05, 3.63) is 54.1 Å². The minimum absolute atomic E-state index is 0.366. The standard InChI is InChI=1S/C18H16N2O3/c1-22-13-7-8-16-14(9-13)15(19)10-17(20-16)11-3-5-12(6-4-11)18(21)23-2/h3-10H,1-2H3,(H2,19,20). The third-order valence-corrected chi connectivity index (χ3v) is 3.65. The van der Waals surface area contributed by atoms with Crippen LogP contribution in [0.3, 0.4) is 0 Å². The van der Waals surface area contributed by atoms with E-state index in [0.29, 0.717) is 11.3 Å². The molecule has 0 saturated carbocycles. The molecule has 5 heteroatoms. The Kier molecular flexibility index (Phi) is 3.85. The van der Waals surface area contributed by atoms with Crippen LogP contribution in [-0.4, -0.2) is 25.2 Å². The highest BCUT2D eigenvalue weighted by Gasteiger charge is 2.09. The van der Waals surface area contributed by atoms with Gasteiger partial charge in [0.05, 0.1) is 31.0 Å². The SMILES string of the molecule is COC(=O)c1ccc(-c2cc(N)c3cc(OC)ccc3n2)cc1. The van der Waals surface area contributed by atoms with E-state index in [0.717, 1.165) is 27.9 Å². The molecule has 0 bridgehead atoms. The van der Waals surface area contributed by atoms with E-state index in [2.05, 4.69) is 4.98 Å². The van der Waals surface area contributed by atoms with Crippen molar-refractivity contribution in [3.63, 3.8) is 0 Å². The summed E-state index contributed by atoms with van der Waals surface area (Å²) in [5, 5.41) is 0.847. The Morgan fingerprint density at radius 2 is 1.78 bits per heavy atom. The molecule has 0 amide bonds. The number of nitrogens with zero attached hydrogens (tertiary/aromatic N) is 1. The van der Waals surface area contributed by atoms with Gasteiger partial charge in [-0.2, -0.15) is 0 Å². The van der Waals surface area contributed by atoms with Crippen LogP contribution in [0.15, 0.2) is 48.5 Å². The maximum absolute atomic E-state index is 11.5. The number of pyridine rings is 1. The van der Waals surface area contributed by atoms with Crippen molar-refractivity contribution >= 4 is 22.6 Å². The van der Waals surface area contributed by atoms with Gasteiger partial charge in [0, 0.05) is 16.6 Å². The number of hydrogen-bond acceptors (Lipinski definition) is 5. The van der Waals surface area contributed by atoms with Gasteiger partial charge in [-0.25, -0.2) is 9.78 Å². The Hall–Kier alpha value is -3.08. The molecule has 2 aromatic carbocycles. The molecule has 2 N–H and O–H groups in total. The summed E-state index contributed by atoms with van der Waals surface area (Å²) in [5.41, 5.74) is 9.68. The molecule has 5 nitrogen and oxygen atoms in total. The summed E-state index contributed by atoms with van der Waals surface area (Å²) in [4.78, 5) is 16.1. The van der Waals surface area contributed by atoms with Crippen LogP contribution in [0.2, 0.25) is 0 Å². The maximum Gasteiger partial charge on any atom is 0.337 e. The molecule has 0 fully saturated rings. The number of hydrogen-bond donors (Lipinski definition) is 1. The Morgan fingerprint density at radius 3 is 2.43 bits per heavy atom. The van der Waals surface area contributed by atoms with Crippen molar-refractivity contribution in [2.45, 2.75) is 0 Å². The fourth-order valence-corrected chi connectivity index (χ4v) is 2.40. The second-order valence-corrected chi connectivity index (χ2v) is 5.05. The van der Waals surface area contributed by atoms with E-state index in [1.807, 2.05) is 36.4 Å². The largest absolute Gasteiger partial charge is 0.497 e. The van der Waals surface area contributed by atoms with Gasteiger partial charge in [-0.3, -0.25) is 0 Å². The van der Waals surface area contributed by atoms with Crippen LogP contribution in [0, 0.1) is 0 Å². The number of aromatic nitrogens is 1. The van der Waals surface area contributed by atoms with Crippen molar-refractivity contribution in [1.82, 2.24) is 4.98 Å². The van der Waals surface area contributed by atoms with Crippen molar-refractivity contribution in [2.24, 2.45) is 0 Å². The molecule has 0 aliphatic carbocycles. The summed E-state index contributed by atoms with van der Waals surface area (Å²) < 4.78 is 9.91. The van der Waals surface area contributed by atoms with Gasteiger partial charge >= 0.3 is 5.97 Å². The number of rotatable bonds is 3. The summed E-state index contributed by atoms with van der Waals surface area (Å²) in [6.07, 6.45) is 0. The summed E-state index contributed by atoms with van der Waals surface area (Å²) >= 11 is 0. The topological polar surface area (TPSA) is 74.4 Å². The van der Waals surface area contributed by atoms with Gasteiger partial charge in [-0.05, 0) is 36.4 Å². The number of ether oxygens (including phenoxy) is 2. The molecule has 0 saturated heterocycles. The highest BCUT2D eigenvalue weighted by atomic mass is 16.5. The fraction of sp³-hybridized carbons (Fsp3) is 0.111. The number of carbonyl (C=O) groups is 1. The fourth-order valence-electron chi connectivity index (χ4n) is 2.40. The van der Waals surface area contributed by atoms with Crippen molar-refractivity contribution in [3.8, 4) is 17.0 Å². The van der Waals surface area contributed by atoms with Crippen molar-refractivity contribution < 1.29 is 14.3 Å². The first kappa shape index (κ1) is 14.8. The summed E-state index contributed by atoms with van der Waals surface area (Å²) in [7, 11) is 2.97. The number of nitrogens with two attached hydrogens (primary N) is 1. The van der Waals surface area contributed by atoms with Crippen LogP contribution in [-0.2, 0) is 4.74 Å². The molecular formula is C18H16N2O3. The highest BCUT2D eigenvalue weighted by molar-refractivity contribution is 5.94. The Bertz CT molecular complexity index is 873. The van der Waals surface area contributed by atoms with Gasteiger partial charge < -0.3 is 15.2 Å². The van der Waals surface area contributed by atoms with E-state index < -0.39 is 0 Å². The van der Waals surface area contributed by atoms with Crippen LogP contribution in [0.25, 0.3) is 22.2 Å². The van der Waals surface area contributed by atoms with E-state index >= 15 is 0 Å². The van der Waals surface area contributed by atoms with Crippen LogP contribution in [0.5, 0.6) is 5.75 Å². The first-order valence-electron chi connectivity index (χ1n) is 7.05. The first-order chi connectivity index (χ1) is 11.1. The number of benzene rings is 2. The van der Waals surface area contributed by atoms with E-state index in [4.69, 9.17) is 15.2 Å². The lowest BCUT2D eigenvalue weighted by Crippen LogP contribution is -2.00. The number of esters is 1. The minimum Gasteiger partial charge on any atom is -0.497 e. The average Bonchev–Trinajstić information content (AvgIpc) is 2.60. The third-order valence-electron chi connectivity index (χ3n) is 3.65. The van der Waals surface area contributed by atoms with Gasteiger partial charge in [-0.1, -0.05) is 12.1 Å². The van der Waals surface area contributed by atoms with Gasteiger partial charge in [0.1, 0.15) is 5.75 Å². The van der Waals surface area contributed by atoms with Crippen LogP contribution in [0.1, 0.15) is 10.4 Å². The molecule has 3 aromatic rings. The molecule has 1 heterocycles. The predicted octanol–water partition coefficient (Wildman–Crippen LogP) is 3.28. The monoisotopic (exact) mass is 308 g/mol. The van der Waals surface area contributed by atoms with Gasteiger partial charge in [-0.15, -0.1) is 0 Å². The Labute approximate surface area is 133 Å². The first-order valence-corrected chi connectivity index (χ1v) is 7.05. The molecule has 0 aliphatic rings. The second kappa shape index (κ2) is 5.96. The molecule has 1 aromatic heterocycles. The second-order valence-electron chi connectivity index (χ2n) is 5.05. The lowest BCUT2D eigenvalue weighted by atomic mass is 10.1. The number of carbonyl (C=O) groups excluding carboxylic acids is 1. The van der Waals surface area contributed by atoms with Gasteiger partial charge in [0.2, 0.25) is 0 Å². The molecular weight excluding hydrogens is 292 g/mol. The smallest absolute Gasteiger partial charge is 0.337 e. The highest BCUT2D eigenvalue weighted by Crippen LogP contribution is 2.29. The summed E-state index contributed by atoms with van der Waals surface area (Å²) in [6, 6.07) is 14.5. The van der Waals surface area contributed by atoms with E-state index in [-0.39, 0.29) is 5.97 Å². The van der Waals surface area contributed by atoms with Crippen LogP contribution < -0.4 is 10.5 Å². The minimum atomic E-state index is -0.366. The number of nitrogen functional groups attached to an aromatic ring is 1. The molecule has 116 valence electrons. The van der Waals surface area contributed by atoms with Gasteiger partial charge in [0.15, 0.2) is 0 Å². The zero-order valence-corrected chi connectivity index (χ0v) is 12.9. The number of anilines is 1. The summed E-state index contributed by atoms with van der Waals surface area (Å²) in [5.74, 6) is 0.371. The lowest BCUT2D eigenvalue weighted by Gasteiger charge is -2.08. The zero-order chi connectivity index (χ0) is 16.4. The lowest BCUT2D eigenvalue weighted by molar-refractivity contribution is 0.0601. The third kappa shape index (κ3) is 2.81.